The zero-order valence-corrected chi connectivity index (χ0v) is 14.3. The third-order valence-corrected chi connectivity index (χ3v) is 4.09. The second-order valence-corrected chi connectivity index (χ2v) is 6.27. The van der Waals surface area contributed by atoms with Crippen molar-refractivity contribution in [1.82, 2.24) is 5.32 Å². The number of amides is 1. The van der Waals surface area contributed by atoms with E-state index in [1.54, 1.807) is 0 Å². The van der Waals surface area contributed by atoms with Gasteiger partial charge in [-0.3, -0.25) is 9.59 Å². The van der Waals surface area contributed by atoms with Crippen LogP contribution in [0, 0.1) is 5.92 Å². The zero-order chi connectivity index (χ0) is 20.9. The summed E-state index contributed by atoms with van der Waals surface area (Å²) >= 11 is 0. The first-order valence-electron chi connectivity index (χ1n) is 8.20. The van der Waals surface area contributed by atoms with Gasteiger partial charge < -0.3 is 14.8 Å². The van der Waals surface area contributed by atoms with E-state index >= 15 is 0 Å². The fourth-order valence-corrected chi connectivity index (χ4v) is 2.73. The summed E-state index contributed by atoms with van der Waals surface area (Å²) < 4.78 is 83.4. The maximum absolute atomic E-state index is 12.8. The Morgan fingerprint density at radius 3 is 2.39 bits per heavy atom. The molecule has 1 saturated carbocycles. The minimum absolute atomic E-state index is 0.120. The molecule has 2 rings (SSSR count). The largest absolute Gasteiger partial charge is 0.435 e. The van der Waals surface area contributed by atoms with Crippen LogP contribution in [0.3, 0.4) is 0 Å². The van der Waals surface area contributed by atoms with Crippen LogP contribution >= 0.6 is 0 Å². The molecule has 1 aliphatic rings. The van der Waals surface area contributed by atoms with Crippen LogP contribution in [0.5, 0.6) is 5.75 Å². The van der Waals surface area contributed by atoms with E-state index in [4.69, 9.17) is 0 Å². The van der Waals surface area contributed by atoms with E-state index in [0.717, 1.165) is 6.07 Å². The summed E-state index contributed by atoms with van der Waals surface area (Å²) in [7, 11) is 0. The number of ether oxygens (including phenoxy) is 2. The van der Waals surface area contributed by atoms with Gasteiger partial charge in [0.1, 0.15) is 11.5 Å². The summed E-state index contributed by atoms with van der Waals surface area (Å²) in [6, 6.07) is 3.75. The maximum atomic E-state index is 12.8. The Balaban J connectivity index is 2.02. The number of benzene rings is 1. The normalized spacial score (nSPS) is 17.3. The second-order valence-electron chi connectivity index (χ2n) is 6.27. The van der Waals surface area contributed by atoms with Crippen molar-refractivity contribution in [3.8, 4) is 5.75 Å². The van der Waals surface area contributed by atoms with Crippen LogP contribution in [0.1, 0.15) is 30.9 Å². The van der Waals surface area contributed by atoms with Gasteiger partial charge in [-0.05, 0) is 17.7 Å². The molecule has 1 N–H and O–H groups in total. The molecule has 0 saturated heterocycles. The molecule has 0 unspecified atom stereocenters. The molecule has 1 amide bonds. The van der Waals surface area contributed by atoms with Crippen LogP contribution in [0.4, 0.5) is 26.3 Å². The van der Waals surface area contributed by atoms with Crippen LogP contribution in [0.15, 0.2) is 24.3 Å². The number of hydrogen-bond acceptors (Lipinski definition) is 4. The number of halogens is 6. The number of carbonyl (C=O) groups is 2. The Kier molecular flexibility index (Phi) is 7.28. The van der Waals surface area contributed by atoms with Crippen molar-refractivity contribution in [2.45, 2.75) is 44.4 Å². The standard InChI is InChI=1S/C17H17F6NO4/c18-15(19)27-8-12(9-2-1-3-11(4-9)28-16(20)21)24-14(26)5-13(25)10-6-17(22,23)7-10/h1-4,10,12,15-16H,5-8H2,(H,24,26)/t12-/m0/s1. The van der Waals surface area contributed by atoms with Crippen molar-refractivity contribution in [2.75, 3.05) is 6.61 Å². The third-order valence-electron chi connectivity index (χ3n) is 4.09. The van der Waals surface area contributed by atoms with E-state index in [-0.39, 0.29) is 11.3 Å². The molecular formula is C17H17F6NO4. The van der Waals surface area contributed by atoms with Gasteiger partial charge in [-0.25, -0.2) is 8.78 Å². The summed E-state index contributed by atoms with van der Waals surface area (Å²) in [4.78, 5) is 23.9. The highest BCUT2D eigenvalue weighted by atomic mass is 19.3. The van der Waals surface area contributed by atoms with Crippen molar-refractivity contribution in [1.29, 1.82) is 0 Å². The van der Waals surface area contributed by atoms with Crippen molar-refractivity contribution >= 4 is 11.7 Å². The van der Waals surface area contributed by atoms with Gasteiger partial charge >= 0.3 is 13.2 Å². The van der Waals surface area contributed by atoms with Crippen LogP contribution in [-0.4, -0.2) is 37.4 Å². The second kappa shape index (κ2) is 9.26. The topological polar surface area (TPSA) is 64.6 Å². The molecule has 1 aromatic carbocycles. The first-order valence-corrected chi connectivity index (χ1v) is 8.20. The lowest BCUT2D eigenvalue weighted by Crippen LogP contribution is -2.42. The first-order chi connectivity index (χ1) is 13.1. The van der Waals surface area contributed by atoms with Gasteiger partial charge in [-0.1, -0.05) is 12.1 Å². The number of alkyl halides is 6. The molecule has 0 aliphatic heterocycles. The average molecular weight is 413 g/mol. The van der Waals surface area contributed by atoms with E-state index in [1.165, 1.54) is 18.2 Å². The number of Topliss-reactive ketones (excluding diaryl/α,β-unsaturated/α-hetero) is 1. The predicted octanol–water partition coefficient (Wildman–Crippen LogP) is 3.69. The Labute approximate surface area is 156 Å². The third kappa shape index (κ3) is 6.70. The molecule has 0 spiro atoms. The molecule has 1 aromatic rings. The van der Waals surface area contributed by atoms with Crippen molar-refractivity contribution < 1.29 is 45.4 Å². The highest BCUT2D eigenvalue weighted by molar-refractivity contribution is 5.99. The monoisotopic (exact) mass is 413 g/mol. The fourth-order valence-electron chi connectivity index (χ4n) is 2.73. The highest BCUT2D eigenvalue weighted by Crippen LogP contribution is 2.43. The van der Waals surface area contributed by atoms with E-state index in [0.29, 0.717) is 0 Å². The summed E-state index contributed by atoms with van der Waals surface area (Å²) in [6.07, 6.45) is -1.98. The van der Waals surface area contributed by atoms with Crippen LogP contribution in [0.25, 0.3) is 0 Å². The van der Waals surface area contributed by atoms with Gasteiger partial charge in [0, 0.05) is 18.8 Å². The van der Waals surface area contributed by atoms with Crippen molar-refractivity contribution in [2.24, 2.45) is 5.92 Å². The lowest BCUT2D eigenvalue weighted by molar-refractivity contribution is -0.151. The lowest BCUT2D eigenvalue weighted by Gasteiger charge is -2.33. The minimum atomic E-state index is -3.15. The number of hydrogen-bond donors (Lipinski definition) is 1. The Bertz CT molecular complexity index is 692. The molecule has 5 nitrogen and oxygen atoms in total. The highest BCUT2D eigenvalue weighted by Gasteiger charge is 2.48. The maximum Gasteiger partial charge on any atom is 0.387 e. The minimum Gasteiger partial charge on any atom is -0.435 e. The Morgan fingerprint density at radius 2 is 1.82 bits per heavy atom. The molecule has 28 heavy (non-hydrogen) atoms. The summed E-state index contributed by atoms with van der Waals surface area (Å²) in [5.41, 5.74) is 0.120. The van der Waals surface area contributed by atoms with Crippen molar-refractivity contribution in [3.05, 3.63) is 29.8 Å². The Morgan fingerprint density at radius 1 is 1.14 bits per heavy atom. The van der Waals surface area contributed by atoms with Gasteiger partial charge in [0.15, 0.2) is 0 Å². The van der Waals surface area contributed by atoms with E-state index in [1.807, 2.05) is 0 Å². The number of ketones is 1. The molecule has 1 atom stereocenters. The van der Waals surface area contributed by atoms with Gasteiger partial charge in [0.2, 0.25) is 11.8 Å². The molecule has 156 valence electrons. The fraction of sp³-hybridized carbons (Fsp3) is 0.529. The van der Waals surface area contributed by atoms with Crippen LogP contribution in [0.2, 0.25) is 0 Å². The average Bonchev–Trinajstić information content (AvgIpc) is 2.55. The quantitative estimate of drug-likeness (QED) is 0.470. The predicted molar refractivity (Wildman–Crippen MR) is 83.2 cm³/mol. The number of nitrogens with one attached hydrogen (secondary N) is 1. The van der Waals surface area contributed by atoms with Crippen LogP contribution in [-0.2, 0) is 14.3 Å². The summed E-state index contributed by atoms with van der Waals surface area (Å²) in [6.45, 7) is -6.98. The van der Waals surface area contributed by atoms with Crippen molar-refractivity contribution in [3.63, 3.8) is 0 Å². The zero-order valence-electron chi connectivity index (χ0n) is 14.3. The van der Waals surface area contributed by atoms with E-state index in [2.05, 4.69) is 14.8 Å². The molecule has 1 fully saturated rings. The summed E-state index contributed by atoms with van der Waals surface area (Å²) in [5, 5.41) is 2.28. The van der Waals surface area contributed by atoms with Gasteiger partial charge in [-0.15, -0.1) is 0 Å². The molecule has 0 bridgehead atoms. The first kappa shape index (κ1) is 22.0. The molecule has 0 heterocycles. The van der Waals surface area contributed by atoms with Gasteiger partial charge in [0.25, 0.3) is 0 Å². The smallest absolute Gasteiger partial charge is 0.387 e. The SMILES string of the molecule is O=C(CC(=O)C1CC(F)(F)C1)N[C@@H](COC(F)F)c1cccc(OC(F)F)c1. The van der Waals surface area contributed by atoms with Gasteiger partial charge in [0.05, 0.1) is 19.1 Å². The van der Waals surface area contributed by atoms with Crippen LogP contribution < -0.4 is 10.1 Å². The van der Waals surface area contributed by atoms with Gasteiger partial charge in [-0.2, -0.15) is 17.6 Å². The molecular weight excluding hydrogens is 396 g/mol. The summed E-state index contributed by atoms with van der Waals surface area (Å²) in [5.74, 6) is -5.69. The molecule has 0 radical (unpaired) electrons. The number of rotatable bonds is 10. The van der Waals surface area contributed by atoms with E-state index in [9.17, 15) is 35.9 Å². The number of carbonyl (C=O) groups excluding carboxylic acids is 2. The molecule has 1 aliphatic carbocycles. The molecule has 11 heteroatoms. The lowest BCUT2D eigenvalue weighted by atomic mass is 9.77. The van der Waals surface area contributed by atoms with E-state index < -0.39 is 68.7 Å². The molecule has 0 aromatic heterocycles. The Hall–Kier alpha value is -2.30.